The van der Waals surface area contributed by atoms with E-state index in [9.17, 15) is 13.2 Å². The number of halogens is 2. The second-order valence-electron chi connectivity index (χ2n) is 7.02. The van der Waals surface area contributed by atoms with E-state index in [4.69, 9.17) is 21.1 Å². The van der Waals surface area contributed by atoms with Crippen LogP contribution in [0.25, 0.3) is 0 Å². The fraction of sp³-hybridized carbons (Fsp3) is 0.174. The molecule has 0 saturated heterocycles. The van der Waals surface area contributed by atoms with E-state index in [1.54, 1.807) is 24.3 Å². The van der Waals surface area contributed by atoms with Crippen LogP contribution in [0.4, 0.5) is 11.4 Å². The van der Waals surface area contributed by atoms with Crippen LogP contribution in [0.2, 0.25) is 5.02 Å². The molecule has 0 aliphatic rings. The van der Waals surface area contributed by atoms with Gasteiger partial charge in [-0.1, -0.05) is 27.5 Å². The molecular weight excluding hydrogens is 532 g/mol. The molecule has 1 amide bonds. The Kier molecular flexibility index (Phi) is 7.88. The number of amides is 1. The van der Waals surface area contributed by atoms with Crippen LogP contribution in [0.3, 0.4) is 0 Å². The van der Waals surface area contributed by atoms with Crippen molar-refractivity contribution in [3.63, 3.8) is 0 Å². The minimum atomic E-state index is -4.14. The summed E-state index contributed by atoms with van der Waals surface area (Å²) in [4.78, 5) is 12.8. The molecule has 0 heterocycles. The van der Waals surface area contributed by atoms with Crippen LogP contribution >= 0.6 is 27.5 Å². The van der Waals surface area contributed by atoms with Crippen LogP contribution in [0.5, 0.6) is 11.5 Å². The lowest BCUT2D eigenvalue weighted by Crippen LogP contribution is -2.38. The summed E-state index contributed by atoms with van der Waals surface area (Å²) in [5.74, 6) is 0.137. The van der Waals surface area contributed by atoms with Crippen LogP contribution in [0.15, 0.2) is 70.0 Å². The molecule has 0 aromatic heterocycles. The van der Waals surface area contributed by atoms with Gasteiger partial charge in [0.15, 0.2) is 11.5 Å². The van der Waals surface area contributed by atoms with E-state index < -0.39 is 22.5 Å². The molecule has 0 spiro atoms. The average molecular weight is 554 g/mol. The highest BCUT2D eigenvalue weighted by molar-refractivity contribution is 9.10. The van der Waals surface area contributed by atoms with Crippen molar-refractivity contribution < 1.29 is 22.7 Å². The molecular formula is C23H22BrClN2O5S. The second kappa shape index (κ2) is 10.5. The quantitative estimate of drug-likeness (QED) is 0.411. The first-order valence-corrected chi connectivity index (χ1v) is 12.3. The van der Waals surface area contributed by atoms with E-state index in [0.29, 0.717) is 16.5 Å². The zero-order chi connectivity index (χ0) is 24.2. The van der Waals surface area contributed by atoms with E-state index >= 15 is 0 Å². The monoisotopic (exact) mass is 552 g/mol. The number of sulfonamides is 1. The number of rotatable bonds is 8. The molecule has 0 atom stereocenters. The number of benzene rings is 3. The lowest BCUT2D eigenvalue weighted by Gasteiger charge is -2.24. The van der Waals surface area contributed by atoms with Gasteiger partial charge >= 0.3 is 0 Å². The normalized spacial score (nSPS) is 11.1. The van der Waals surface area contributed by atoms with Crippen molar-refractivity contribution in [2.45, 2.75) is 11.8 Å². The maximum absolute atomic E-state index is 13.6. The van der Waals surface area contributed by atoms with E-state index in [1.165, 1.54) is 44.6 Å². The Morgan fingerprint density at radius 3 is 2.27 bits per heavy atom. The Morgan fingerprint density at radius 1 is 1.00 bits per heavy atom. The summed E-state index contributed by atoms with van der Waals surface area (Å²) in [6, 6.07) is 15.8. The van der Waals surface area contributed by atoms with Crippen molar-refractivity contribution in [1.29, 1.82) is 0 Å². The summed E-state index contributed by atoms with van der Waals surface area (Å²) in [5.41, 5.74) is 1.77. The third-order valence-electron chi connectivity index (χ3n) is 4.79. The standard InChI is InChI=1S/C23H22BrClN2O5S/c1-15-12-17(6-10-20(15)24)26-23(28)14-27(18-7-4-16(25)5-8-18)33(29,30)19-9-11-21(31-2)22(13-19)32-3/h4-13H,14H2,1-3H3,(H,26,28). The number of anilines is 2. The Labute approximate surface area is 206 Å². The van der Waals surface area contributed by atoms with Gasteiger partial charge in [-0.05, 0) is 67.1 Å². The number of carbonyl (C=O) groups excluding carboxylic acids is 1. The summed E-state index contributed by atoms with van der Waals surface area (Å²) in [7, 11) is -1.27. The maximum Gasteiger partial charge on any atom is 0.264 e. The molecule has 33 heavy (non-hydrogen) atoms. The predicted octanol–water partition coefficient (Wildman–Crippen LogP) is 5.26. The smallest absolute Gasteiger partial charge is 0.264 e. The summed E-state index contributed by atoms with van der Waals surface area (Å²) in [6.45, 7) is 1.44. The molecule has 0 saturated carbocycles. The molecule has 0 bridgehead atoms. The van der Waals surface area contributed by atoms with E-state index in [1.807, 2.05) is 13.0 Å². The van der Waals surface area contributed by atoms with Crippen molar-refractivity contribution in [2.24, 2.45) is 0 Å². The average Bonchev–Trinajstić information content (AvgIpc) is 2.80. The number of hydrogen-bond donors (Lipinski definition) is 1. The molecule has 174 valence electrons. The van der Waals surface area contributed by atoms with Crippen LogP contribution < -0.4 is 19.1 Å². The molecule has 3 rings (SSSR count). The molecule has 0 unspecified atom stereocenters. The van der Waals surface area contributed by atoms with Gasteiger partial charge in [-0.15, -0.1) is 0 Å². The number of methoxy groups -OCH3 is 2. The lowest BCUT2D eigenvalue weighted by molar-refractivity contribution is -0.114. The van der Waals surface area contributed by atoms with Gasteiger partial charge < -0.3 is 14.8 Å². The number of hydrogen-bond acceptors (Lipinski definition) is 5. The highest BCUT2D eigenvalue weighted by Gasteiger charge is 2.28. The van der Waals surface area contributed by atoms with Gasteiger partial charge in [0.2, 0.25) is 5.91 Å². The maximum atomic E-state index is 13.6. The van der Waals surface area contributed by atoms with Crippen LogP contribution in [-0.4, -0.2) is 35.1 Å². The first kappa shape index (κ1) is 24.9. The Hall–Kier alpha value is -2.75. The summed E-state index contributed by atoms with van der Waals surface area (Å²) in [6.07, 6.45) is 0. The molecule has 0 fully saturated rings. The predicted molar refractivity (Wildman–Crippen MR) is 133 cm³/mol. The van der Waals surface area contributed by atoms with Gasteiger partial charge in [0, 0.05) is 21.2 Å². The zero-order valence-corrected chi connectivity index (χ0v) is 21.3. The summed E-state index contributed by atoms with van der Waals surface area (Å²) < 4.78 is 39.5. The first-order valence-electron chi connectivity index (χ1n) is 9.72. The zero-order valence-electron chi connectivity index (χ0n) is 18.1. The van der Waals surface area contributed by atoms with Crippen molar-refractivity contribution in [2.75, 3.05) is 30.4 Å². The summed E-state index contributed by atoms with van der Waals surface area (Å²) in [5, 5.41) is 3.19. The molecule has 0 radical (unpaired) electrons. The number of carbonyl (C=O) groups is 1. The van der Waals surface area contributed by atoms with Gasteiger partial charge in [0.25, 0.3) is 10.0 Å². The van der Waals surface area contributed by atoms with E-state index in [2.05, 4.69) is 21.2 Å². The number of aryl methyl sites for hydroxylation is 1. The van der Waals surface area contributed by atoms with Crippen LogP contribution in [0, 0.1) is 6.92 Å². The van der Waals surface area contributed by atoms with Gasteiger partial charge in [-0.25, -0.2) is 8.42 Å². The Balaban J connectivity index is 1.98. The molecule has 1 N–H and O–H groups in total. The second-order valence-corrected chi connectivity index (χ2v) is 10.2. The van der Waals surface area contributed by atoms with Gasteiger partial charge in [0.1, 0.15) is 6.54 Å². The van der Waals surface area contributed by atoms with Crippen LogP contribution in [0.1, 0.15) is 5.56 Å². The van der Waals surface area contributed by atoms with Gasteiger partial charge in [0.05, 0.1) is 24.8 Å². The van der Waals surface area contributed by atoms with Gasteiger partial charge in [-0.2, -0.15) is 0 Å². The summed E-state index contributed by atoms with van der Waals surface area (Å²) >= 11 is 9.40. The Morgan fingerprint density at radius 2 is 1.67 bits per heavy atom. The molecule has 10 heteroatoms. The third-order valence-corrected chi connectivity index (χ3v) is 7.70. The SMILES string of the molecule is COc1ccc(S(=O)(=O)N(CC(=O)Nc2ccc(Br)c(C)c2)c2ccc(Cl)cc2)cc1OC. The lowest BCUT2D eigenvalue weighted by atomic mass is 10.2. The topological polar surface area (TPSA) is 84.9 Å². The molecule has 0 aliphatic heterocycles. The van der Waals surface area contributed by atoms with Crippen molar-refractivity contribution >= 4 is 54.8 Å². The van der Waals surface area contributed by atoms with Crippen molar-refractivity contribution in [3.05, 3.63) is 75.7 Å². The van der Waals surface area contributed by atoms with Crippen molar-refractivity contribution in [3.8, 4) is 11.5 Å². The number of nitrogens with zero attached hydrogens (tertiary/aromatic N) is 1. The van der Waals surface area contributed by atoms with Gasteiger partial charge in [-0.3, -0.25) is 9.10 Å². The van der Waals surface area contributed by atoms with E-state index in [-0.39, 0.29) is 16.3 Å². The molecule has 0 aliphatic carbocycles. The minimum absolute atomic E-state index is 0.0533. The molecule has 3 aromatic rings. The first-order chi connectivity index (χ1) is 15.6. The number of nitrogens with one attached hydrogen (secondary N) is 1. The number of ether oxygens (including phenoxy) is 2. The highest BCUT2D eigenvalue weighted by Crippen LogP contribution is 2.32. The fourth-order valence-corrected chi connectivity index (χ4v) is 4.89. The minimum Gasteiger partial charge on any atom is -0.493 e. The fourth-order valence-electron chi connectivity index (χ4n) is 3.08. The third kappa shape index (κ3) is 5.79. The Bertz CT molecular complexity index is 1270. The molecule has 7 nitrogen and oxygen atoms in total. The van der Waals surface area contributed by atoms with Crippen molar-refractivity contribution in [1.82, 2.24) is 0 Å². The largest absolute Gasteiger partial charge is 0.493 e. The van der Waals surface area contributed by atoms with E-state index in [0.717, 1.165) is 14.3 Å². The van der Waals surface area contributed by atoms with Crippen LogP contribution in [-0.2, 0) is 14.8 Å². The molecule has 3 aromatic carbocycles. The highest BCUT2D eigenvalue weighted by atomic mass is 79.9.